The monoisotopic (exact) mass is 427 g/mol. The van der Waals surface area contributed by atoms with Crippen LogP contribution in [0.1, 0.15) is 19.8 Å². The highest BCUT2D eigenvalue weighted by atomic mass is 32.2. The SMILES string of the molecule is COc1ccc(-c2ccc3nnc(SCC(=O)N4CCC(C)CC4)n3n2)cc1OC. The van der Waals surface area contributed by atoms with Crippen molar-refractivity contribution in [3.05, 3.63) is 30.3 Å². The van der Waals surface area contributed by atoms with E-state index in [9.17, 15) is 4.79 Å². The van der Waals surface area contributed by atoms with Crippen molar-refractivity contribution in [2.24, 2.45) is 5.92 Å². The second-order valence-corrected chi connectivity index (χ2v) is 8.34. The van der Waals surface area contributed by atoms with Crippen LogP contribution in [-0.2, 0) is 4.79 Å². The lowest BCUT2D eigenvalue weighted by Gasteiger charge is -2.30. The number of hydrogen-bond acceptors (Lipinski definition) is 7. The van der Waals surface area contributed by atoms with Gasteiger partial charge in [-0.05, 0) is 49.1 Å². The van der Waals surface area contributed by atoms with Crippen LogP contribution in [0.3, 0.4) is 0 Å². The number of likely N-dealkylation sites (tertiary alicyclic amines) is 1. The molecule has 0 radical (unpaired) electrons. The van der Waals surface area contributed by atoms with Gasteiger partial charge in [0.2, 0.25) is 11.1 Å². The minimum Gasteiger partial charge on any atom is -0.493 e. The summed E-state index contributed by atoms with van der Waals surface area (Å²) < 4.78 is 12.4. The number of hydrogen-bond donors (Lipinski definition) is 0. The van der Waals surface area contributed by atoms with Crippen LogP contribution in [0.4, 0.5) is 0 Å². The van der Waals surface area contributed by atoms with E-state index in [0.717, 1.165) is 37.2 Å². The fourth-order valence-electron chi connectivity index (χ4n) is 3.48. The smallest absolute Gasteiger partial charge is 0.233 e. The summed E-state index contributed by atoms with van der Waals surface area (Å²) in [6, 6.07) is 9.41. The van der Waals surface area contributed by atoms with Crippen molar-refractivity contribution in [1.29, 1.82) is 0 Å². The van der Waals surface area contributed by atoms with Gasteiger partial charge in [-0.15, -0.1) is 10.2 Å². The van der Waals surface area contributed by atoms with Crippen molar-refractivity contribution in [3.8, 4) is 22.8 Å². The number of rotatable bonds is 6. The standard InChI is InChI=1S/C21H25N5O3S/c1-14-8-10-25(11-9-14)20(27)13-30-21-23-22-19-7-5-16(24-26(19)21)15-4-6-17(28-2)18(12-15)29-3/h4-7,12,14H,8-11,13H2,1-3H3. The summed E-state index contributed by atoms with van der Waals surface area (Å²) in [6.07, 6.45) is 2.14. The molecule has 158 valence electrons. The number of amides is 1. The van der Waals surface area contributed by atoms with Gasteiger partial charge < -0.3 is 14.4 Å². The highest BCUT2D eigenvalue weighted by Gasteiger charge is 2.21. The Morgan fingerprint density at radius 2 is 1.87 bits per heavy atom. The number of methoxy groups -OCH3 is 2. The number of nitrogens with zero attached hydrogens (tertiary/aromatic N) is 5. The molecule has 3 heterocycles. The maximum absolute atomic E-state index is 12.6. The Hall–Kier alpha value is -2.81. The van der Waals surface area contributed by atoms with Gasteiger partial charge in [0.15, 0.2) is 17.1 Å². The fourth-order valence-corrected chi connectivity index (χ4v) is 4.27. The van der Waals surface area contributed by atoms with Crippen LogP contribution in [0.15, 0.2) is 35.5 Å². The van der Waals surface area contributed by atoms with Crippen molar-refractivity contribution in [2.45, 2.75) is 24.9 Å². The van der Waals surface area contributed by atoms with Crippen molar-refractivity contribution < 1.29 is 14.3 Å². The van der Waals surface area contributed by atoms with Gasteiger partial charge in [-0.3, -0.25) is 4.79 Å². The lowest BCUT2D eigenvalue weighted by atomic mass is 9.99. The predicted octanol–water partition coefficient (Wildman–Crippen LogP) is 3.16. The van der Waals surface area contributed by atoms with Crippen molar-refractivity contribution in [1.82, 2.24) is 24.7 Å². The van der Waals surface area contributed by atoms with Crippen molar-refractivity contribution in [2.75, 3.05) is 33.1 Å². The van der Waals surface area contributed by atoms with Crippen molar-refractivity contribution in [3.63, 3.8) is 0 Å². The molecule has 0 N–H and O–H groups in total. The molecule has 0 spiro atoms. The molecular weight excluding hydrogens is 402 g/mol. The summed E-state index contributed by atoms with van der Waals surface area (Å²) in [4.78, 5) is 14.5. The third kappa shape index (κ3) is 4.21. The van der Waals surface area contributed by atoms with Gasteiger partial charge in [0.25, 0.3) is 0 Å². The number of ether oxygens (including phenoxy) is 2. The average Bonchev–Trinajstić information content (AvgIpc) is 3.19. The molecule has 0 unspecified atom stereocenters. The topological polar surface area (TPSA) is 81.9 Å². The van der Waals surface area contributed by atoms with E-state index in [1.54, 1.807) is 18.7 Å². The van der Waals surface area contributed by atoms with E-state index in [0.29, 0.717) is 34.0 Å². The summed E-state index contributed by atoms with van der Waals surface area (Å²) in [5.74, 6) is 2.46. The predicted molar refractivity (Wildman–Crippen MR) is 115 cm³/mol. The van der Waals surface area contributed by atoms with E-state index < -0.39 is 0 Å². The van der Waals surface area contributed by atoms with E-state index in [2.05, 4.69) is 22.2 Å². The van der Waals surface area contributed by atoms with Gasteiger partial charge in [-0.25, -0.2) is 0 Å². The molecule has 30 heavy (non-hydrogen) atoms. The second kappa shape index (κ2) is 8.91. The Kier molecular flexibility index (Phi) is 6.08. The molecule has 1 saturated heterocycles. The molecule has 0 aliphatic carbocycles. The molecule has 0 bridgehead atoms. The Balaban J connectivity index is 1.52. The third-order valence-electron chi connectivity index (χ3n) is 5.37. The molecule has 1 amide bonds. The van der Waals surface area contributed by atoms with Gasteiger partial charge in [0.05, 0.1) is 25.7 Å². The van der Waals surface area contributed by atoms with E-state index in [1.807, 2.05) is 35.2 Å². The summed E-state index contributed by atoms with van der Waals surface area (Å²) >= 11 is 1.37. The van der Waals surface area contributed by atoms with Crippen LogP contribution in [0.5, 0.6) is 11.5 Å². The summed E-state index contributed by atoms with van der Waals surface area (Å²) in [6.45, 7) is 3.91. The molecule has 1 aliphatic heterocycles. The van der Waals surface area contributed by atoms with Crippen LogP contribution in [0.2, 0.25) is 0 Å². The first-order chi connectivity index (χ1) is 14.6. The Bertz CT molecular complexity index is 1050. The van der Waals surface area contributed by atoms with Crippen LogP contribution in [-0.4, -0.2) is 63.7 Å². The van der Waals surface area contributed by atoms with Gasteiger partial charge in [0.1, 0.15) is 0 Å². The molecule has 8 nitrogen and oxygen atoms in total. The first-order valence-electron chi connectivity index (χ1n) is 9.94. The number of benzene rings is 1. The second-order valence-electron chi connectivity index (χ2n) is 7.39. The Morgan fingerprint density at radius 3 is 2.60 bits per heavy atom. The van der Waals surface area contributed by atoms with Crippen molar-refractivity contribution >= 4 is 23.3 Å². The molecule has 0 saturated carbocycles. The number of fused-ring (bicyclic) bond motifs is 1. The van der Waals surface area contributed by atoms with Gasteiger partial charge in [0, 0.05) is 18.7 Å². The van der Waals surface area contributed by atoms with E-state index in [1.165, 1.54) is 11.8 Å². The van der Waals surface area contributed by atoms with Crippen LogP contribution >= 0.6 is 11.8 Å². The normalized spacial score (nSPS) is 14.8. The lowest BCUT2D eigenvalue weighted by Crippen LogP contribution is -2.38. The van der Waals surface area contributed by atoms with E-state index in [-0.39, 0.29) is 5.91 Å². The molecule has 9 heteroatoms. The number of carbonyl (C=O) groups excluding carboxylic acids is 1. The van der Waals surface area contributed by atoms with E-state index >= 15 is 0 Å². The minimum atomic E-state index is 0.139. The number of thioether (sulfide) groups is 1. The zero-order valence-corrected chi connectivity index (χ0v) is 18.2. The zero-order chi connectivity index (χ0) is 21.1. The largest absolute Gasteiger partial charge is 0.493 e. The van der Waals surface area contributed by atoms with Gasteiger partial charge in [-0.1, -0.05) is 18.7 Å². The molecule has 4 rings (SSSR count). The highest BCUT2D eigenvalue weighted by Crippen LogP contribution is 2.31. The summed E-state index contributed by atoms with van der Waals surface area (Å²) in [7, 11) is 3.21. The fraction of sp³-hybridized carbons (Fsp3) is 0.429. The first kappa shape index (κ1) is 20.5. The van der Waals surface area contributed by atoms with E-state index in [4.69, 9.17) is 9.47 Å². The Morgan fingerprint density at radius 1 is 1.10 bits per heavy atom. The number of carbonyl (C=O) groups is 1. The van der Waals surface area contributed by atoms with Gasteiger partial charge >= 0.3 is 0 Å². The summed E-state index contributed by atoms with van der Waals surface area (Å²) in [5.41, 5.74) is 2.28. The molecular formula is C21H25N5O3S. The zero-order valence-electron chi connectivity index (χ0n) is 17.4. The molecule has 3 aromatic rings. The molecule has 1 aliphatic rings. The molecule has 0 atom stereocenters. The Labute approximate surface area is 179 Å². The maximum atomic E-state index is 12.6. The molecule has 2 aromatic heterocycles. The number of aromatic nitrogens is 4. The highest BCUT2D eigenvalue weighted by molar-refractivity contribution is 7.99. The summed E-state index contributed by atoms with van der Waals surface area (Å²) in [5, 5.41) is 13.7. The minimum absolute atomic E-state index is 0.139. The van der Waals surface area contributed by atoms with Crippen LogP contribution < -0.4 is 9.47 Å². The van der Waals surface area contributed by atoms with Crippen LogP contribution in [0, 0.1) is 5.92 Å². The van der Waals surface area contributed by atoms with Gasteiger partial charge in [-0.2, -0.15) is 9.61 Å². The number of piperidine rings is 1. The van der Waals surface area contributed by atoms with Crippen LogP contribution in [0.25, 0.3) is 16.9 Å². The first-order valence-corrected chi connectivity index (χ1v) is 10.9. The maximum Gasteiger partial charge on any atom is 0.233 e. The lowest BCUT2D eigenvalue weighted by molar-refractivity contribution is -0.129. The quantitative estimate of drug-likeness (QED) is 0.559. The third-order valence-corrected chi connectivity index (χ3v) is 6.28. The molecule has 1 aromatic carbocycles. The molecule has 1 fully saturated rings. The average molecular weight is 428 g/mol.